The van der Waals surface area contributed by atoms with Gasteiger partial charge in [0.2, 0.25) is 0 Å². The normalized spacial score (nSPS) is 24.9. The monoisotopic (exact) mass is 390 g/mol. The van der Waals surface area contributed by atoms with Crippen LogP contribution in [-0.4, -0.2) is 47.6 Å². The van der Waals surface area contributed by atoms with Gasteiger partial charge < -0.3 is 20.8 Å². The number of nitrogens with one attached hydrogen (secondary N) is 2. The van der Waals surface area contributed by atoms with Gasteiger partial charge in [-0.1, -0.05) is 75.9 Å². The van der Waals surface area contributed by atoms with E-state index in [2.05, 4.69) is 10.6 Å². The molecular weight excluding hydrogens is 348 g/mol. The van der Waals surface area contributed by atoms with Crippen LogP contribution < -0.4 is 10.6 Å². The summed E-state index contributed by atoms with van der Waals surface area (Å²) in [7, 11) is 0. The van der Waals surface area contributed by atoms with Crippen LogP contribution in [-0.2, 0) is 0 Å². The Labute approximate surface area is 172 Å². The molecule has 4 fully saturated rings. The third-order valence-electron chi connectivity index (χ3n) is 6.69. The van der Waals surface area contributed by atoms with Crippen LogP contribution >= 0.6 is 0 Å². The molecule has 5 rings (SSSR count). The Kier molecular flexibility index (Phi) is 9.93. The maximum atomic E-state index is 9.97. The molecule has 2 aliphatic heterocycles. The van der Waals surface area contributed by atoms with Crippen LogP contribution in [0.1, 0.15) is 65.2 Å². The van der Waals surface area contributed by atoms with Crippen LogP contribution in [0.4, 0.5) is 0 Å². The van der Waals surface area contributed by atoms with Crippen molar-refractivity contribution < 1.29 is 10.2 Å². The van der Waals surface area contributed by atoms with Crippen molar-refractivity contribution in [2.24, 2.45) is 11.8 Å². The predicted octanol–water partition coefficient (Wildman–Crippen LogP) is 3.73. The molecule has 4 nitrogen and oxygen atoms in total. The molecule has 0 spiro atoms. The molecule has 2 heterocycles. The third-order valence-corrected chi connectivity index (χ3v) is 6.69. The topological polar surface area (TPSA) is 64.5 Å². The summed E-state index contributed by atoms with van der Waals surface area (Å²) in [5, 5.41) is 26.3. The average molecular weight is 391 g/mol. The molecule has 28 heavy (non-hydrogen) atoms. The molecule has 2 saturated heterocycles. The Morgan fingerprint density at radius 3 is 1.00 bits per heavy atom. The van der Waals surface area contributed by atoms with Crippen LogP contribution in [0.5, 0.6) is 0 Å². The van der Waals surface area contributed by atoms with Crippen molar-refractivity contribution in [2.75, 3.05) is 26.2 Å². The summed E-state index contributed by atoms with van der Waals surface area (Å²) in [4.78, 5) is 0. The molecule has 0 amide bonds. The second-order valence-electron chi connectivity index (χ2n) is 8.49. The lowest BCUT2D eigenvalue weighted by atomic mass is 9.82. The van der Waals surface area contributed by atoms with E-state index in [-0.39, 0.29) is 11.2 Å². The van der Waals surface area contributed by atoms with E-state index >= 15 is 0 Å². The lowest BCUT2D eigenvalue weighted by molar-refractivity contribution is -0.0331. The molecule has 0 aromatic heterocycles. The van der Waals surface area contributed by atoms with E-state index in [0.717, 1.165) is 51.9 Å². The number of aliphatic hydroxyl groups is 2. The first-order chi connectivity index (χ1) is 13.6. The van der Waals surface area contributed by atoms with Gasteiger partial charge in [0.25, 0.3) is 0 Å². The molecule has 4 aliphatic rings. The first-order valence-electron chi connectivity index (χ1n) is 11.5. The quantitative estimate of drug-likeness (QED) is 0.621. The van der Waals surface area contributed by atoms with E-state index in [1.807, 2.05) is 50.2 Å². The van der Waals surface area contributed by atoms with Crippen molar-refractivity contribution >= 4 is 0 Å². The van der Waals surface area contributed by atoms with Crippen LogP contribution in [0.25, 0.3) is 0 Å². The fraction of sp³-hybridized carbons (Fsp3) is 0.750. The van der Waals surface area contributed by atoms with Gasteiger partial charge in [-0.15, -0.1) is 0 Å². The summed E-state index contributed by atoms with van der Waals surface area (Å²) in [5.41, 5.74) is -0.545. The summed E-state index contributed by atoms with van der Waals surface area (Å²) in [6.07, 6.45) is 9.08. The van der Waals surface area contributed by atoms with Gasteiger partial charge in [0.1, 0.15) is 0 Å². The molecule has 4 N–H and O–H groups in total. The second kappa shape index (κ2) is 11.9. The maximum absolute atomic E-state index is 9.97. The van der Waals surface area contributed by atoms with Crippen molar-refractivity contribution in [3.63, 3.8) is 0 Å². The largest absolute Gasteiger partial charge is 0.390 e. The van der Waals surface area contributed by atoms with Gasteiger partial charge in [0, 0.05) is 38.0 Å². The second-order valence-corrected chi connectivity index (χ2v) is 8.49. The van der Waals surface area contributed by atoms with E-state index < -0.39 is 0 Å². The molecule has 4 heteroatoms. The Bertz CT molecular complexity index is 444. The maximum Gasteiger partial charge on any atom is 0.0700 e. The summed E-state index contributed by atoms with van der Waals surface area (Å²) >= 11 is 0. The van der Waals surface area contributed by atoms with E-state index in [4.69, 9.17) is 0 Å². The van der Waals surface area contributed by atoms with Gasteiger partial charge in [-0.25, -0.2) is 0 Å². The van der Waals surface area contributed by atoms with E-state index in [9.17, 15) is 10.2 Å². The van der Waals surface area contributed by atoms with Gasteiger partial charge in [-0.2, -0.15) is 0 Å². The molecular formula is C24H42N2O2. The van der Waals surface area contributed by atoms with Gasteiger partial charge in [-0.05, 0) is 25.7 Å². The average Bonchev–Trinajstić information content (AvgIpc) is 3.26. The van der Waals surface area contributed by atoms with E-state index in [0.29, 0.717) is 11.8 Å². The predicted molar refractivity (Wildman–Crippen MR) is 117 cm³/mol. The minimum Gasteiger partial charge on any atom is -0.390 e. The Hall–Kier alpha value is -0.940. The fourth-order valence-electron chi connectivity index (χ4n) is 4.51. The third kappa shape index (κ3) is 6.55. The molecule has 0 atom stereocenters. The molecule has 160 valence electrons. The summed E-state index contributed by atoms with van der Waals surface area (Å²) in [6.45, 7) is 8.15. The van der Waals surface area contributed by atoms with Crippen LogP contribution in [0.3, 0.4) is 0 Å². The van der Waals surface area contributed by atoms with Gasteiger partial charge >= 0.3 is 0 Å². The molecule has 2 aliphatic carbocycles. The zero-order valence-electron chi connectivity index (χ0n) is 18.0. The Morgan fingerprint density at radius 2 is 0.821 bits per heavy atom. The van der Waals surface area contributed by atoms with E-state index in [1.165, 1.54) is 25.7 Å². The van der Waals surface area contributed by atoms with Crippen LogP contribution in [0.2, 0.25) is 0 Å². The first kappa shape index (κ1) is 23.3. The Morgan fingerprint density at radius 1 is 0.571 bits per heavy atom. The summed E-state index contributed by atoms with van der Waals surface area (Å²) < 4.78 is 0. The highest BCUT2D eigenvalue weighted by atomic mass is 16.3. The number of hydrogen-bond acceptors (Lipinski definition) is 4. The van der Waals surface area contributed by atoms with Crippen molar-refractivity contribution in [1.82, 2.24) is 10.6 Å². The van der Waals surface area contributed by atoms with Gasteiger partial charge in [0.15, 0.2) is 0 Å². The highest BCUT2D eigenvalue weighted by Gasteiger charge is 2.42. The lowest BCUT2D eigenvalue weighted by Crippen LogP contribution is -2.54. The number of benzene rings is 1. The fourth-order valence-corrected chi connectivity index (χ4v) is 4.51. The minimum atomic E-state index is -0.273. The standard InChI is InChI=1S/2C8H15NO.C6H6.C2H6/c2*10-8(3-1-2-4-8)7-5-9-6-7;1-2-4-6-5-3-1;1-2/h2*7,9-10H,1-6H2;1-6H;1-2H3. The molecule has 2 saturated carbocycles. The van der Waals surface area contributed by atoms with Crippen molar-refractivity contribution in [3.8, 4) is 0 Å². The highest BCUT2D eigenvalue weighted by Crippen LogP contribution is 2.38. The van der Waals surface area contributed by atoms with Crippen LogP contribution in [0, 0.1) is 11.8 Å². The molecule has 0 unspecified atom stereocenters. The number of hydrogen-bond donors (Lipinski definition) is 4. The molecule has 0 bridgehead atoms. The van der Waals surface area contributed by atoms with Crippen LogP contribution in [0.15, 0.2) is 36.4 Å². The van der Waals surface area contributed by atoms with E-state index in [1.54, 1.807) is 0 Å². The smallest absolute Gasteiger partial charge is 0.0700 e. The van der Waals surface area contributed by atoms with Gasteiger partial charge in [0.05, 0.1) is 11.2 Å². The lowest BCUT2D eigenvalue weighted by Gasteiger charge is -2.39. The SMILES string of the molecule is CC.OC1(C2CNC2)CCCC1.OC1(C2CNC2)CCCC1.c1ccccc1. The minimum absolute atomic E-state index is 0.273. The molecule has 0 radical (unpaired) electrons. The Balaban J connectivity index is 0.000000148. The summed E-state index contributed by atoms with van der Waals surface area (Å²) in [5.74, 6) is 1.13. The van der Waals surface area contributed by atoms with Crippen molar-refractivity contribution in [1.29, 1.82) is 0 Å². The number of rotatable bonds is 2. The first-order valence-corrected chi connectivity index (χ1v) is 11.5. The van der Waals surface area contributed by atoms with Gasteiger partial charge in [-0.3, -0.25) is 0 Å². The highest BCUT2D eigenvalue weighted by molar-refractivity contribution is 4.99. The van der Waals surface area contributed by atoms with Crippen molar-refractivity contribution in [3.05, 3.63) is 36.4 Å². The zero-order valence-corrected chi connectivity index (χ0v) is 18.0. The molecule has 1 aromatic carbocycles. The molecule has 1 aromatic rings. The zero-order chi connectivity index (χ0) is 20.3. The summed E-state index contributed by atoms with van der Waals surface area (Å²) in [6, 6.07) is 12.0. The van der Waals surface area contributed by atoms with Crippen molar-refractivity contribution in [2.45, 2.75) is 76.4 Å².